The van der Waals surface area contributed by atoms with E-state index in [2.05, 4.69) is 17.5 Å². The first-order chi connectivity index (χ1) is 9.60. The molecular formula is C15H20N2O3. The molecule has 1 aliphatic carbocycles. The second kappa shape index (κ2) is 6.41. The maximum Gasteiger partial charge on any atom is 0.275 e. The van der Waals surface area contributed by atoms with Gasteiger partial charge in [0.05, 0.1) is 5.56 Å². The van der Waals surface area contributed by atoms with Gasteiger partial charge < -0.3 is 10.2 Å². The molecule has 0 atom stereocenters. The average molecular weight is 276 g/mol. The molecule has 1 aliphatic rings. The zero-order valence-corrected chi connectivity index (χ0v) is 11.6. The van der Waals surface area contributed by atoms with Crippen LogP contribution < -0.4 is 5.43 Å². The van der Waals surface area contributed by atoms with Crippen LogP contribution in [0.15, 0.2) is 23.3 Å². The monoisotopic (exact) mass is 276 g/mol. The van der Waals surface area contributed by atoms with Gasteiger partial charge in [-0.05, 0) is 49.8 Å². The van der Waals surface area contributed by atoms with Crippen molar-refractivity contribution in [2.24, 2.45) is 11.0 Å². The lowest BCUT2D eigenvalue weighted by atomic mass is 9.86. The number of carbonyl (C=O) groups is 1. The number of amides is 1. The Morgan fingerprint density at radius 1 is 1.35 bits per heavy atom. The lowest BCUT2D eigenvalue weighted by Crippen LogP contribution is -2.22. The molecule has 0 radical (unpaired) electrons. The van der Waals surface area contributed by atoms with Gasteiger partial charge in [-0.15, -0.1) is 0 Å². The van der Waals surface area contributed by atoms with Gasteiger partial charge in [0.15, 0.2) is 0 Å². The number of nitrogens with zero attached hydrogens (tertiary/aromatic N) is 1. The third kappa shape index (κ3) is 3.50. The number of phenols is 2. The van der Waals surface area contributed by atoms with E-state index in [0.717, 1.165) is 37.3 Å². The standard InChI is InChI=1S/C15H20N2O3/c1-2-10-3-5-11(6-4-10)16-17-15(20)13-9-12(18)7-8-14(13)19/h7-10,18-19H,2-6H2,1H3,(H,17,20). The quantitative estimate of drug-likeness (QED) is 0.586. The van der Waals surface area contributed by atoms with Crippen LogP contribution in [0.2, 0.25) is 0 Å². The van der Waals surface area contributed by atoms with Crippen molar-refractivity contribution < 1.29 is 15.0 Å². The minimum Gasteiger partial charge on any atom is -0.508 e. The highest BCUT2D eigenvalue weighted by atomic mass is 16.3. The smallest absolute Gasteiger partial charge is 0.275 e. The van der Waals surface area contributed by atoms with E-state index in [1.54, 1.807) is 0 Å². The van der Waals surface area contributed by atoms with Gasteiger partial charge in [0.25, 0.3) is 5.91 Å². The molecule has 1 aromatic carbocycles. The van der Waals surface area contributed by atoms with E-state index in [1.165, 1.54) is 24.6 Å². The van der Waals surface area contributed by atoms with Crippen LogP contribution >= 0.6 is 0 Å². The molecule has 1 saturated carbocycles. The summed E-state index contributed by atoms with van der Waals surface area (Å²) in [4.78, 5) is 11.9. The lowest BCUT2D eigenvalue weighted by molar-refractivity contribution is 0.0951. The molecule has 0 spiro atoms. The van der Waals surface area contributed by atoms with E-state index < -0.39 is 5.91 Å². The average Bonchev–Trinajstić information content (AvgIpc) is 2.47. The molecule has 20 heavy (non-hydrogen) atoms. The first-order valence-corrected chi connectivity index (χ1v) is 6.98. The SMILES string of the molecule is CCC1CCC(=NNC(=O)c2cc(O)ccc2O)CC1. The van der Waals surface area contributed by atoms with Crippen LogP contribution in [0.1, 0.15) is 49.4 Å². The van der Waals surface area contributed by atoms with Gasteiger partial charge in [-0.3, -0.25) is 4.79 Å². The van der Waals surface area contributed by atoms with Crippen molar-refractivity contribution in [2.75, 3.05) is 0 Å². The van der Waals surface area contributed by atoms with Gasteiger partial charge >= 0.3 is 0 Å². The maximum absolute atomic E-state index is 11.9. The Balaban J connectivity index is 1.97. The molecule has 1 amide bonds. The van der Waals surface area contributed by atoms with Crippen molar-refractivity contribution in [3.63, 3.8) is 0 Å². The molecule has 0 heterocycles. The van der Waals surface area contributed by atoms with E-state index in [1.807, 2.05) is 0 Å². The summed E-state index contributed by atoms with van der Waals surface area (Å²) >= 11 is 0. The molecule has 5 nitrogen and oxygen atoms in total. The summed E-state index contributed by atoms with van der Waals surface area (Å²) in [6, 6.07) is 3.83. The molecule has 2 rings (SSSR count). The zero-order chi connectivity index (χ0) is 14.5. The van der Waals surface area contributed by atoms with Crippen molar-refractivity contribution in [1.82, 2.24) is 5.43 Å². The Kier molecular flexibility index (Phi) is 4.61. The number of benzene rings is 1. The van der Waals surface area contributed by atoms with Gasteiger partial charge in [0.2, 0.25) is 0 Å². The summed E-state index contributed by atoms with van der Waals surface area (Å²) in [5, 5.41) is 23.0. The highest BCUT2D eigenvalue weighted by Gasteiger charge is 2.17. The van der Waals surface area contributed by atoms with E-state index in [0.29, 0.717) is 0 Å². The third-order valence-electron chi connectivity index (χ3n) is 3.80. The number of hydrazone groups is 1. The first kappa shape index (κ1) is 14.4. The van der Waals surface area contributed by atoms with E-state index in [-0.39, 0.29) is 17.1 Å². The Morgan fingerprint density at radius 2 is 2.05 bits per heavy atom. The van der Waals surface area contributed by atoms with E-state index in [9.17, 15) is 15.0 Å². The van der Waals surface area contributed by atoms with Gasteiger partial charge in [0, 0.05) is 5.71 Å². The maximum atomic E-state index is 11.9. The Morgan fingerprint density at radius 3 is 2.70 bits per heavy atom. The van der Waals surface area contributed by atoms with Crippen LogP contribution in [-0.4, -0.2) is 21.8 Å². The number of rotatable bonds is 3. The predicted octanol–water partition coefficient (Wildman–Crippen LogP) is 2.78. The second-order valence-corrected chi connectivity index (χ2v) is 5.17. The van der Waals surface area contributed by atoms with Crippen LogP contribution in [0.5, 0.6) is 11.5 Å². The summed E-state index contributed by atoms with van der Waals surface area (Å²) in [5.41, 5.74) is 3.46. The fourth-order valence-electron chi connectivity index (χ4n) is 2.43. The molecule has 0 bridgehead atoms. The third-order valence-corrected chi connectivity index (χ3v) is 3.80. The largest absolute Gasteiger partial charge is 0.508 e. The summed E-state index contributed by atoms with van der Waals surface area (Å²) in [6.07, 6.45) is 5.23. The summed E-state index contributed by atoms with van der Waals surface area (Å²) in [5.74, 6) is 0.0162. The number of phenolic OH excluding ortho intramolecular Hbond substituents is 2. The van der Waals surface area contributed by atoms with Crippen LogP contribution in [0.4, 0.5) is 0 Å². The number of hydrogen-bond acceptors (Lipinski definition) is 4. The highest BCUT2D eigenvalue weighted by molar-refractivity contribution is 5.98. The Hall–Kier alpha value is -2.04. The molecule has 1 fully saturated rings. The Bertz CT molecular complexity index is 516. The van der Waals surface area contributed by atoms with Crippen molar-refractivity contribution in [3.05, 3.63) is 23.8 Å². The van der Waals surface area contributed by atoms with Crippen LogP contribution in [0.25, 0.3) is 0 Å². The highest BCUT2D eigenvalue weighted by Crippen LogP contribution is 2.25. The van der Waals surface area contributed by atoms with Crippen molar-refractivity contribution in [2.45, 2.75) is 39.0 Å². The van der Waals surface area contributed by atoms with E-state index >= 15 is 0 Å². The van der Waals surface area contributed by atoms with Crippen LogP contribution in [-0.2, 0) is 0 Å². The van der Waals surface area contributed by atoms with Crippen LogP contribution in [0.3, 0.4) is 0 Å². The fourth-order valence-corrected chi connectivity index (χ4v) is 2.43. The van der Waals surface area contributed by atoms with Crippen LogP contribution in [0, 0.1) is 5.92 Å². The van der Waals surface area contributed by atoms with Gasteiger partial charge in [0.1, 0.15) is 11.5 Å². The minimum atomic E-state index is -0.511. The second-order valence-electron chi connectivity index (χ2n) is 5.17. The molecular weight excluding hydrogens is 256 g/mol. The van der Waals surface area contributed by atoms with E-state index in [4.69, 9.17) is 0 Å². The fraction of sp³-hybridized carbons (Fsp3) is 0.467. The summed E-state index contributed by atoms with van der Waals surface area (Å²) in [7, 11) is 0. The molecule has 108 valence electrons. The summed E-state index contributed by atoms with van der Waals surface area (Å²) in [6.45, 7) is 2.19. The van der Waals surface area contributed by atoms with Crippen molar-refractivity contribution in [1.29, 1.82) is 0 Å². The molecule has 0 unspecified atom stereocenters. The lowest BCUT2D eigenvalue weighted by Gasteiger charge is -2.21. The predicted molar refractivity (Wildman–Crippen MR) is 76.9 cm³/mol. The molecule has 3 N–H and O–H groups in total. The van der Waals surface area contributed by atoms with Gasteiger partial charge in [-0.2, -0.15) is 5.10 Å². The topological polar surface area (TPSA) is 81.9 Å². The summed E-state index contributed by atoms with van der Waals surface area (Å²) < 4.78 is 0. The first-order valence-electron chi connectivity index (χ1n) is 6.98. The molecule has 1 aromatic rings. The number of carbonyl (C=O) groups excluding carboxylic acids is 1. The van der Waals surface area contributed by atoms with Gasteiger partial charge in [-0.1, -0.05) is 13.3 Å². The normalized spacial score (nSPS) is 18.6. The molecule has 0 aliphatic heterocycles. The van der Waals surface area contributed by atoms with Gasteiger partial charge in [-0.25, -0.2) is 5.43 Å². The molecule has 5 heteroatoms. The molecule has 0 aromatic heterocycles. The molecule has 0 saturated heterocycles. The van der Waals surface area contributed by atoms with Crippen molar-refractivity contribution >= 4 is 11.6 Å². The minimum absolute atomic E-state index is 0.0246. The Labute approximate surface area is 118 Å². The zero-order valence-electron chi connectivity index (χ0n) is 11.6. The number of nitrogens with one attached hydrogen (secondary N) is 1. The number of hydrogen-bond donors (Lipinski definition) is 3. The van der Waals surface area contributed by atoms with Crippen molar-refractivity contribution in [3.8, 4) is 11.5 Å². The number of aromatic hydroxyl groups is 2.